The predicted molar refractivity (Wildman–Crippen MR) is 65.6 cm³/mol. The van der Waals surface area contributed by atoms with E-state index in [1.54, 1.807) is 0 Å². The van der Waals surface area contributed by atoms with Crippen LogP contribution in [0.5, 0.6) is 0 Å². The van der Waals surface area contributed by atoms with Gasteiger partial charge in [-0.25, -0.2) is 0 Å². The maximum absolute atomic E-state index is 11.9. The van der Waals surface area contributed by atoms with E-state index in [1.807, 2.05) is 38.1 Å². The van der Waals surface area contributed by atoms with E-state index in [2.05, 4.69) is 25.9 Å². The summed E-state index contributed by atoms with van der Waals surface area (Å²) in [4.78, 5) is 11.9. The molecule has 1 amide bonds. The fraction of sp³-hybridized carbons (Fsp3) is 0.333. The Kier molecular flexibility index (Phi) is 3.66. The Morgan fingerprint density at radius 1 is 1.44 bits per heavy atom. The number of tetrazole rings is 1. The van der Waals surface area contributed by atoms with Gasteiger partial charge >= 0.3 is 0 Å². The van der Waals surface area contributed by atoms with E-state index >= 15 is 0 Å². The zero-order chi connectivity index (χ0) is 13.0. The monoisotopic (exact) mass is 245 g/mol. The average molecular weight is 245 g/mol. The smallest absolute Gasteiger partial charge is 0.225 e. The quantitative estimate of drug-likeness (QED) is 0.839. The molecular formula is C12H15N5O. The lowest BCUT2D eigenvalue weighted by Gasteiger charge is -2.10. The fourth-order valence-corrected chi connectivity index (χ4v) is 1.69. The Morgan fingerprint density at radius 3 is 2.89 bits per heavy atom. The van der Waals surface area contributed by atoms with Gasteiger partial charge in [0.15, 0.2) is 5.82 Å². The Morgan fingerprint density at radius 2 is 2.22 bits per heavy atom. The number of aromatic nitrogens is 4. The minimum absolute atomic E-state index is 0.0541. The van der Waals surface area contributed by atoms with Crippen LogP contribution in [-0.2, 0) is 11.2 Å². The van der Waals surface area contributed by atoms with Crippen molar-refractivity contribution in [3.8, 4) is 0 Å². The van der Waals surface area contributed by atoms with E-state index in [9.17, 15) is 4.79 Å². The molecule has 0 aliphatic heterocycles. The number of aromatic amines is 1. The van der Waals surface area contributed by atoms with Gasteiger partial charge in [0.25, 0.3) is 0 Å². The van der Waals surface area contributed by atoms with Crippen LogP contribution in [0.1, 0.15) is 29.9 Å². The van der Waals surface area contributed by atoms with Crippen molar-refractivity contribution in [1.82, 2.24) is 25.9 Å². The molecule has 1 unspecified atom stereocenters. The van der Waals surface area contributed by atoms with Crippen LogP contribution in [0.15, 0.2) is 24.3 Å². The number of aryl methyl sites for hydroxylation is 1. The number of H-pyrrole nitrogens is 1. The lowest BCUT2D eigenvalue weighted by atomic mass is 10.1. The maximum Gasteiger partial charge on any atom is 0.225 e. The van der Waals surface area contributed by atoms with Crippen molar-refractivity contribution in [3.05, 3.63) is 41.2 Å². The second-order valence-electron chi connectivity index (χ2n) is 4.16. The molecule has 0 bridgehead atoms. The molecule has 2 aromatic rings. The van der Waals surface area contributed by atoms with Gasteiger partial charge in [0.1, 0.15) is 0 Å². The lowest BCUT2D eigenvalue weighted by molar-refractivity contribution is -0.121. The summed E-state index contributed by atoms with van der Waals surface area (Å²) >= 11 is 0. The average Bonchev–Trinajstić information content (AvgIpc) is 2.85. The van der Waals surface area contributed by atoms with Gasteiger partial charge in [-0.1, -0.05) is 29.5 Å². The van der Waals surface area contributed by atoms with Crippen LogP contribution < -0.4 is 5.32 Å². The van der Waals surface area contributed by atoms with Crippen molar-refractivity contribution in [2.24, 2.45) is 0 Å². The largest absolute Gasteiger partial charge is 0.346 e. The maximum atomic E-state index is 11.9. The third-order valence-corrected chi connectivity index (χ3v) is 2.74. The molecule has 1 aromatic carbocycles. The summed E-state index contributed by atoms with van der Waals surface area (Å²) in [6.45, 7) is 3.81. The molecule has 1 aromatic heterocycles. The van der Waals surface area contributed by atoms with Crippen LogP contribution in [0.2, 0.25) is 0 Å². The van der Waals surface area contributed by atoms with Crippen LogP contribution in [0, 0.1) is 6.92 Å². The zero-order valence-electron chi connectivity index (χ0n) is 10.3. The molecule has 2 N–H and O–H groups in total. The number of nitrogens with one attached hydrogen (secondary N) is 2. The molecule has 0 aliphatic carbocycles. The Labute approximate surface area is 105 Å². The molecule has 94 valence electrons. The standard InChI is InChI=1S/C12H15N5O/c1-8-5-3-4-6-10(8)7-11(18)13-9(2)12-14-16-17-15-12/h3-6,9H,7H2,1-2H3,(H,13,18)(H,14,15,16,17). The Bertz CT molecular complexity index is 523. The number of nitrogens with zero attached hydrogens (tertiary/aromatic N) is 3. The van der Waals surface area contributed by atoms with Crippen LogP contribution in [-0.4, -0.2) is 26.5 Å². The molecule has 0 aliphatic rings. The van der Waals surface area contributed by atoms with Gasteiger partial charge in [-0.05, 0) is 25.0 Å². The van der Waals surface area contributed by atoms with Gasteiger partial charge < -0.3 is 5.32 Å². The van der Waals surface area contributed by atoms with E-state index in [-0.39, 0.29) is 11.9 Å². The minimum atomic E-state index is -0.250. The summed E-state index contributed by atoms with van der Waals surface area (Å²) < 4.78 is 0. The number of hydrogen-bond donors (Lipinski definition) is 2. The highest BCUT2D eigenvalue weighted by molar-refractivity contribution is 5.79. The molecule has 0 fully saturated rings. The van der Waals surface area contributed by atoms with Crippen molar-refractivity contribution in [3.63, 3.8) is 0 Å². The molecule has 18 heavy (non-hydrogen) atoms. The van der Waals surface area contributed by atoms with Crippen LogP contribution in [0.4, 0.5) is 0 Å². The van der Waals surface area contributed by atoms with Gasteiger partial charge in [-0.3, -0.25) is 4.79 Å². The summed E-state index contributed by atoms with van der Waals surface area (Å²) in [5.74, 6) is 0.426. The van der Waals surface area contributed by atoms with Gasteiger partial charge in [0.05, 0.1) is 12.5 Å². The summed E-state index contributed by atoms with van der Waals surface area (Å²) in [6.07, 6.45) is 0.356. The number of carbonyl (C=O) groups excluding carboxylic acids is 1. The lowest BCUT2D eigenvalue weighted by Crippen LogP contribution is -2.29. The highest BCUT2D eigenvalue weighted by atomic mass is 16.1. The third kappa shape index (κ3) is 2.91. The molecule has 1 heterocycles. The second-order valence-corrected chi connectivity index (χ2v) is 4.16. The normalized spacial score (nSPS) is 12.1. The van der Waals surface area contributed by atoms with Gasteiger partial charge in [0.2, 0.25) is 5.91 Å². The molecule has 2 rings (SSSR count). The van der Waals surface area contributed by atoms with E-state index in [4.69, 9.17) is 0 Å². The summed E-state index contributed by atoms with van der Waals surface area (Å²) in [5, 5.41) is 16.3. The van der Waals surface area contributed by atoms with Crippen molar-refractivity contribution in [2.75, 3.05) is 0 Å². The van der Waals surface area contributed by atoms with Crippen LogP contribution >= 0.6 is 0 Å². The minimum Gasteiger partial charge on any atom is -0.346 e. The summed E-state index contributed by atoms with van der Waals surface area (Å²) in [6, 6.07) is 7.58. The highest BCUT2D eigenvalue weighted by Crippen LogP contribution is 2.09. The Hall–Kier alpha value is -2.24. The number of carbonyl (C=O) groups is 1. The van der Waals surface area contributed by atoms with Gasteiger partial charge in [-0.15, -0.1) is 10.2 Å². The zero-order valence-corrected chi connectivity index (χ0v) is 10.3. The first-order chi connectivity index (χ1) is 8.66. The number of rotatable bonds is 4. The second kappa shape index (κ2) is 5.39. The molecule has 0 saturated heterocycles. The van der Waals surface area contributed by atoms with E-state index in [0.29, 0.717) is 12.2 Å². The number of benzene rings is 1. The molecule has 1 atom stereocenters. The first-order valence-electron chi connectivity index (χ1n) is 5.74. The van der Waals surface area contributed by atoms with E-state index in [0.717, 1.165) is 11.1 Å². The molecule has 6 nitrogen and oxygen atoms in total. The fourth-order valence-electron chi connectivity index (χ4n) is 1.69. The molecule has 6 heteroatoms. The van der Waals surface area contributed by atoms with Crippen molar-refractivity contribution >= 4 is 5.91 Å². The van der Waals surface area contributed by atoms with Gasteiger partial charge in [0, 0.05) is 0 Å². The van der Waals surface area contributed by atoms with Gasteiger partial charge in [-0.2, -0.15) is 5.21 Å². The SMILES string of the molecule is Cc1ccccc1CC(=O)NC(C)c1nn[nH]n1. The third-order valence-electron chi connectivity index (χ3n) is 2.74. The highest BCUT2D eigenvalue weighted by Gasteiger charge is 2.14. The predicted octanol–water partition coefficient (Wildman–Crippen LogP) is 0.928. The molecule has 0 saturated carbocycles. The number of amides is 1. The number of hydrogen-bond acceptors (Lipinski definition) is 4. The first-order valence-corrected chi connectivity index (χ1v) is 5.74. The Balaban J connectivity index is 1.95. The van der Waals surface area contributed by atoms with Crippen molar-refractivity contribution in [2.45, 2.75) is 26.3 Å². The van der Waals surface area contributed by atoms with E-state index in [1.165, 1.54) is 0 Å². The van der Waals surface area contributed by atoms with Crippen molar-refractivity contribution < 1.29 is 4.79 Å². The van der Waals surface area contributed by atoms with Crippen LogP contribution in [0.25, 0.3) is 0 Å². The summed E-state index contributed by atoms with van der Waals surface area (Å²) in [5.41, 5.74) is 2.13. The summed E-state index contributed by atoms with van der Waals surface area (Å²) in [7, 11) is 0. The molecule has 0 spiro atoms. The van der Waals surface area contributed by atoms with Crippen LogP contribution in [0.3, 0.4) is 0 Å². The topological polar surface area (TPSA) is 83.6 Å². The molecule has 0 radical (unpaired) electrons. The van der Waals surface area contributed by atoms with E-state index < -0.39 is 0 Å². The first kappa shape index (κ1) is 12.2. The van der Waals surface area contributed by atoms with Crippen molar-refractivity contribution in [1.29, 1.82) is 0 Å². The molecular weight excluding hydrogens is 230 g/mol.